The first-order valence-electron chi connectivity index (χ1n) is 7.70. The van der Waals surface area contributed by atoms with Crippen molar-refractivity contribution in [2.24, 2.45) is 11.7 Å². The Balaban J connectivity index is 1.74. The van der Waals surface area contributed by atoms with E-state index in [1.54, 1.807) is 7.11 Å². The molecule has 0 aliphatic carbocycles. The fraction of sp³-hybridized carbons (Fsp3) is 0.412. The number of rotatable bonds is 5. The number of thiazole rings is 1. The number of nitrogens with zero attached hydrogens (tertiary/aromatic N) is 2. The van der Waals surface area contributed by atoms with Gasteiger partial charge in [0, 0.05) is 31.5 Å². The Hall–Kier alpha value is -1.76. The van der Waals surface area contributed by atoms with Crippen LogP contribution in [-0.2, 0) is 11.3 Å². The fourth-order valence-corrected chi connectivity index (χ4v) is 3.85. The summed E-state index contributed by atoms with van der Waals surface area (Å²) in [6, 6.07) is 10.3. The molecule has 2 atom stereocenters. The van der Waals surface area contributed by atoms with E-state index in [0.717, 1.165) is 5.01 Å². The molecule has 1 aliphatic rings. The van der Waals surface area contributed by atoms with E-state index in [9.17, 15) is 4.79 Å². The van der Waals surface area contributed by atoms with Gasteiger partial charge >= 0.3 is 0 Å². The number of methoxy groups -OCH3 is 1. The fourth-order valence-electron chi connectivity index (χ4n) is 3.11. The predicted octanol–water partition coefficient (Wildman–Crippen LogP) is 2.10. The summed E-state index contributed by atoms with van der Waals surface area (Å²) in [6.45, 7) is 2.40. The first-order chi connectivity index (χ1) is 11.2. The van der Waals surface area contributed by atoms with Gasteiger partial charge in [-0.25, -0.2) is 4.98 Å². The molecule has 23 heavy (non-hydrogen) atoms. The molecule has 1 fully saturated rings. The molecular formula is C17H21N3O2S. The molecule has 5 nitrogen and oxygen atoms in total. The Kier molecular flexibility index (Phi) is 5.05. The van der Waals surface area contributed by atoms with Crippen LogP contribution in [0.2, 0.25) is 0 Å². The van der Waals surface area contributed by atoms with Crippen LogP contribution in [0, 0.1) is 5.92 Å². The third-order valence-electron chi connectivity index (χ3n) is 4.30. The molecule has 2 N–H and O–H groups in total. The third-order valence-corrected chi connectivity index (χ3v) is 5.12. The number of benzene rings is 1. The van der Waals surface area contributed by atoms with Crippen molar-refractivity contribution >= 4 is 17.2 Å². The number of nitrogens with two attached hydrogens (primary N) is 1. The molecule has 2 aromatic rings. The van der Waals surface area contributed by atoms with Crippen LogP contribution in [-0.4, -0.2) is 42.5 Å². The summed E-state index contributed by atoms with van der Waals surface area (Å²) in [5.74, 6) is 0.571. The highest BCUT2D eigenvalue weighted by Gasteiger charge is 2.36. The summed E-state index contributed by atoms with van der Waals surface area (Å²) in [5.41, 5.74) is 7.69. The quantitative estimate of drug-likeness (QED) is 0.911. The average molecular weight is 331 g/mol. The summed E-state index contributed by atoms with van der Waals surface area (Å²) in [7, 11) is 1.62. The maximum atomic E-state index is 12.7. The molecule has 1 aromatic heterocycles. The Labute approximate surface area is 140 Å². The topological polar surface area (TPSA) is 68.5 Å². The van der Waals surface area contributed by atoms with Gasteiger partial charge in [0.25, 0.3) is 5.91 Å². The first-order valence-corrected chi connectivity index (χ1v) is 8.58. The number of amides is 1. The molecule has 0 bridgehead atoms. The third kappa shape index (κ3) is 3.44. The number of ether oxygens (including phenoxy) is 1. The van der Waals surface area contributed by atoms with Gasteiger partial charge in [0.15, 0.2) is 0 Å². The molecule has 0 unspecified atom stereocenters. The van der Waals surface area contributed by atoms with E-state index in [2.05, 4.69) is 17.1 Å². The maximum absolute atomic E-state index is 12.7. The monoisotopic (exact) mass is 331 g/mol. The highest BCUT2D eigenvalue weighted by molar-refractivity contribution is 7.09. The second kappa shape index (κ2) is 7.21. The molecule has 122 valence electrons. The van der Waals surface area contributed by atoms with E-state index in [-0.39, 0.29) is 5.91 Å². The Bertz CT molecular complexity index is 659. The van der Waals surface area contributed by atoms with Crippen molar-refractivity contribution in [3.05, 3.63) is 52.0 Å². The van der Waals surface area contributed by atoms with E-state index >= 15 is 0 Å². The molecule has 1 amide bonds. The molecule has 0 spiro atoms. The average Bonchev–Trinajstić information content (AvgIpc) is 3.22. The van der Waals surface area contributed by atoms with Crippen LogP contribution >= 0.6 is 11.3 Å². The van der Waals surface area contributed by atoms with Crippen LogP contribution < -0.4 is 5.73 Å². The zero-order chi connectivity index (χ0) is 16.2. The lowest BCUT2D eigenvalue weighted by molar-refractivity contribution is 0.0780. The minimum absolute atomic E-state index is 0.0134. The molecule has 6 heteroatoms. The first kappa shape index (κ1) is 16.1. The number of hydrogen-bond acceptors (Lipinski definition) is 5. The van der Waals surface area contributed by atoms with E-state index in [4.69, 9.17) is 10.5 Å². The van der Waals surface area contributed by atoms with Gasteiger partial charge in [-0.15, -0.1) is 11.3 Å². The van der Waals surface area contributed by atoms with Crippen molar-refractivity contribution in [3.63, 3.8) is 0 Å². The van der Waals surface area contributed by atoms with Crippen molar-refractivity contribution in [2.75, 3.05) is 26.7 Å². The van der Waals surface area contributed by atoms with Gasteiger partial charge in [-0.3, -0.25) is 4.79 Å². The number of likely N-dealkylation sites (tertiary alicyclic amines) is 1. The normalized spacial score (nSPS) is 20.9. The van der Waals surface area contributed by atoms with E-state index in [1.807, 2.05) is 28.5 Å². The predicted molar refractivity (Wildman–Crippen MR) is 90.5 cm³/mol. The van der Waals surface area contributed by atoms with Crippen molar-refractivity contribution in [1.29, 1.82) is 0 Å². The van der Waals surface area contributed by atoms with Crippen molar-refractivity contribution < 1.29 is 9.53 Å². The second-order valence-electron chi connectivity index (χ2n) is 5.78. The number of carbonyl (C=O) groups excluding carboxylic acids is 1. The number of aromatic nitrogens is 1. The van der Waals surface area contributed by atoms with Crippen molar-refractivity contribution in [2.45, 2.75) is 12.5 Å². The van der Waals surface area contributed by atoms with E-state index < -0.39 is 0 Å². The standard InChI is InChI=1S/C17H21N3O2S/c1-22-10-16-19-15(11-23-16)17(21)20-8-13(7-18)14(9-20)12-5-3-2-4-6-12/h2-6,11,13-14H,7-10,18H2,1H3/t13-,14+/m1/s1. The Morgan fingerprint density at radius 1 is 1.39 bits per heavy atom. The largest absolute Gasteiger partial charge is 0.378 e. The highest BCUT2D eigenvalue weighted by Crippen LogP contribution is 2.32. The molecule has 1 saturated heterocycles. The van der Waals surface area contributed by atoms with Gasteiger partial charge in [-0.1, -0.05) is 30.3 Å². The van der Waals surface area contributed by atoms with E-state index in [0.29, 0.717) is 43.8 Å². The van der Waals surface area contributed by atoms with Gasteiger partial charge < -0.3 is 15.4 Å². The Morgan fingerprint density at radius 3 is 2.87 bits per heavy atom. The summed E-state index contributed by atoms with van der Waals surface area (Å²) in [5, 5.41) is 2.63. The smallest absolute Gasteiger partial charge is 0.273 e. The van der Waals surface area contributed by atoms with Gasteiger partial charge in [0.2, 0.25) is 0 Å². The van der Waals surface area contributed by atoms with Crippen LogP contribution in [0.3, 0.4) is 0 Å². The van der Waals surface area contributed by atoms with Crippen LogP contribution in [0.25, 0.3) is 0 Å². The van der Waals surface area contributed by atoms with Crippen LogP contribution in [0.1, 0.15) is 27.0 Å². The van der Waals surface area contributed by atoms with Gasteiger partial charge in [-0.2, -0.15) is 0 Å². The van der Waals surface area contributed by atoms with Gasteiger partial charge in [0.05, 0.1) is 6.61 Å². The zero-order valence-electron chi connectivity index (χ0n) is 13.1. The van der Waals surface area contributed by atoms with E-state index in [1.165, 1.54) is 16.9 Å². The SMILES string of the molecule is COCc1nc(C(=O)N2C[C@@H](CN)[C@H](c3ccccc3)C2)cs1. The molecule has 0 saturated carbocycles. The molecule has 0 radical (unpaired) electrons. The zero-order valence-corrected chi connectivity index (χ0v) is 14.0. The van der Waals surface area contributed by atoms with Crippen molar-refractivity contribution in [1.82, 2.24) is 9.88 Å². The minimum Gasteiger partial charge on any atom is -0.378 e. The molecule has 1 aromatic carbocycles. The lowest BCUT2D eigenvalue weighted by Gasteiger charge is -2.16. The Morgan fingerprint density at radius 2 is 2.17 bits per heavy atom. The molecule has 3 rings (SSSR count). The molecule has 2 heterocycles. The number of carbonyl (C=O) groups is 1. The summed E-state index contributed by atoms with van der Waals surface area (Å²) in [6.07, 6.45) is 0. The lowest BCUT2D eigenvalue weighted by Crippen LogP contribution is -2.30. The summed E-state index contributed by atoms with van der Waals surface area (Å²) in [4.78, 5) is 18.9. The van der Waals surface area contributed by atoms with Crippen molar-refractivity contribution in [3.8, 4) is 0 Å². The lowest BCUT2D eigenvalue weighted by atomic mass is 9.89. The summed E-state index contributed by atoms with van der Waals surface area (Å²) < 4.78 is 5.06. The van der Waals surface area contributed by atoms with Crippen LogP contribution in [0.5, 0.6) is 0 Å². The van der Waals surface area contributed by atoms with Gasteiger partial charge in [0.1, 0.15) is 10.7 Å². The van der Waals surface area contributed by atoms with Gasteiger partial charge in [-0.05, 0) is 18.0 Å². The minimum atomic E-state index is -0.0134. The molecule has 1 aliphatic heterocycles. The van der Waals surface area contributed by atoms with Crippen LogP contribution in [0.4, 0.5) is 0 Å². The number of hydrogen-bond donors (Lipinski definition) is 1. The van der Waals surface area contributed by atoms with Crippen LogP contribution in [0.15, 0.2) is 35.7 Å². The molecular weight excluding hydrogens is 310 g/mol. The highest BCUT2D eigenvalue weighted by atomic mass is 32.1. The second-order valence-corrected chi connectivity index (χ2v) is 6.73. The summed E-state index contributed by atoms with van der Waals surface area (Å²) >= 11 is 1.46. The maximum Gasteiger partial charge on any atom is 0.273 e.